The quantitative estimate of drug-likeness (QED) is 0.751. The molecule has 4 heteroatoms. The smallest absolute Gasteiger partial charge is 0.323 e. The van der Waals surface area contributed by atoms with Gasteiger partial charge in [0.15, 0.2) is 0 Å². The van der Waals surface area contributed by atoms with E-state index in [2.05, 4.69) is 23.7 Å². The van der Waals surface area contributed by atoms with E-state index >= 15 is 0 Å². The maximum Gasteiger partial charge on any atom is 0.323 e. The van der Waals surface area contributed by atoms with Gasteiger partial charge in [-0.25, -0.2) is 0 Å². The van der Waals surface area contributed by atoms with Crippen LogP contribution in [0.4, 0.5) is 0 Å². The Morgan fingerprint density at radius 1 is 1.00 bits per heavy atom. The molecule has 0 aliphatic rings. The molecule has 0 saturated carbocycles. The van der Waals surface area contributed by atoms with Crippen LogP contribution in [0, 0.1) is 23.7 Å². The molecule has 0 fully saturated rings. The summed E-state index contributed by atoms with van der Waals surface area (Å²) in [4.78, 5) is 25.2. The number of benzene rings is 2. The first-order chi connectivity index (χ1) is 15.4. The Morgan fingerprint density at radius 3 is 2.11 bits per heavy atom. The summed E-state index contributed by atoms with van der Waals surface area (Å²) in [6.07, 6.45) is -2.53. The SMILES string of the molecule is [2H]C([2H])([2H])C#Cc1ccc(CN(CC(=O)O)C(=O)CC([2H])([2H])c2ccc(C#CC)cc2)cc1. The fraction of sp³-hybridized carbons (Fsp3) is 0.250. The van der Waals surface area contributed by atoms with Crippen LogP contribution in [0.3, 0.4) is 0 Å². The molecule has 0 bridgehead atoms. The van der Waals surface area contributed by atoms with Crippen molar-refractivity contribution in [2.24, 2.45) is 0 Å². The van der Waals surface area contributed by atoms with Crippen molar-refractivity contribution in [2.75, 3.05) is 6.54 Å². The lowest BCUT2D eigenvalue weighted by molar-refractivity contribution is -0.144. The van der Waals surface area contributed by atoms with Gasteiger partial charge >= 0.3 is 5.97 Å². The maximum absolute atomic E-state index is 12.8. The van der Waals surface area contributed by atoms with Gasteiger partial charge in [-0.3, -0.25) is 9.59 Å². The molecule has 0 heterocycles. The van der Waals surface area contributed by atoms with Gasteiger partial charge in [0.05, 0.1) is 0 Å². The summed E-state index contributed by atoms with van der Waals surface area (Å²) in [5.41, 5.74) is 2.10. The number of hydrogen-bond donors (Lipinski definition) is 1. The predicted molar refractivity (Wildman–Crippen MR) is 109 cm³/mol. The molecule has 4 nitrogen and oxygen atoms in total. The first-order valence-corrected chi connectivity index (χ1v) is 8.54. The third kappa shape index (κ3) is 6.67. The average Bonchev–Trinajstić information content (AvgIpc) is 2.72. The monoisotopic (exact) mass is 378 g/mol. The summed E-state index contributed by atoms with van der Waals surface area (Å²) in [6.45, 7) is -1.30. The zero-order valence-electron chi connectivity index (χ0n) is 20.5. The molecule has 1 N–H and O–H groups in total. The molecule has 0 aliphatic heterocycles. The minimum absolute atomic E-state index is 0.0424. The Kier molecular flexibility index (Phi) is 5.51. The number of carboxylic acids is 1. The highest BCUT2D eigenvalue weighted by molar-refractivity contribution is 5.81. The number of carboxylic acid groups (broad SMARTS) is 1. The number of hydrogen-bond acceptors (Lipinski definition) is 2. The van der Waals surface area contributed by atoms with Gasteiger partial charge in [0.25, 0.3) is 0 Å². The molecule has 142 valence electrons. The summed E-state index contributed by atoms with van der Waals surface area (Å²) in [5, 5.41) is 9.23. The van der Waals surface area contributed by atoms with E-state index in [4.69, 9.17) is 6.85 Å². The highest BCUT2D eigenvalue weighted by atomic mass is 16.4. The van der Waals surface area contributed by atoms with Crippen LogP contribution in [0.15, 0.2) is 48.5 Å². The Hall–Kier alpha value is -3.50. The van der Waals surface area contributed by atoms with Crippen LogP contribution in [0.5, 0.6) is 0 Å². The fourth-order valence-electron chi connectivity index (χ4n) is 2.49. The van der Waals surface area contributed by atoms with Crippen molar-refractivity contribution >= 4 is 11.9 Å². The van der Waals surface area contributed by atoms with Crippen molar-refractivity contribution in [2.45, 2.75) is 33.1 Å². The molecule has 28 heavy (non-hydrogen) atoms. The number of aliphatic carboxylic acids is 1. The van der Waals surface area contributed by atoms with Gasteiger partial charge in [-0.2, -0.15) is 0 Å². The second-order valence-electron chi connectivity index (χ2n) is 5.90. The first-order valence-electron chi connectivity index (χ1n) is 11.0. The average molecular weight is 378 g/mol. The Balaban J connectivity index is 2.16. The third-order valence-electron chi connectivity index (χ3n) is 3.81. The molecule has 0 atom stereocenters. The molecule has 0 aromatic heterocycles. The van der Waals surface area contributed by atoms with Crippen molar-refractivity contribution in [1.82, 2.24) is 4.90 Å². The summed E-state index contributed by atoms with van der Waals surface area (Å²) in [7, 11) is 0. The van der Waals surface area contributed by atoms with E-state index in [0.29, 0.717) is 16.7 Å². The van der Waals surface area contributed by atoms with Crippen molar-refractivity contribution in [1.29, 1.82) is 0 Å². The van der Waals surface area contributed by atoms with E-state index in [-0.39, 0.29) is 6.54 Å². The molecular formula is C24H23NO3. The van der Waals surface area contributed by atoms with Crippen molar-refractivity contribution in [3.05, 3.63) is 70.8 Å². The standard InChI is InChI=1S/C24H23NO3/c1-3-5-19-7-9-21(10-8-19)15-16-23(26)25(18-24(27)28)17-22-13-11-20(6-4-2)12-14-22/h7-14H,15-18H2,1-2H3,(H,27,28)/i2D3,15D2. The lowest BCUT2D eigenvalue weighted by atomic mass is 10.1. The second kappa shape index (κ2) is 10.6. The first kappa shape index (κ1) is 14.5. The zero-order chi connectivity index (χ0) is 24.6. The molecule has 0 aliphatic carbocycles. The molecule has 0 spiro atoms. The van der Waals surface area contributed by atoms with Gasteiger partial charge in [0, 0.05) is 30.9 Å². The van der Waals surface area contributed by atoms with Gasteiger partial charge in [0.1, 0.15) is 6.54 Å². The van der Waals surface area contributed by atoms with Crippen LogP contribution in [-0.4, -0.2) is 28.4 Å². The zero-order valence-corrected chi connectivity index (χ0v) is 15.5. The van der Waals surface area contributed by atoms with Crippen LogP contribution in [0.25, 0.3) is 0 Å². The van der Waals surface area contributed by atoms with E-state index in [1.807, 2.05) is 0 Å². The molecule has 1 amide bonds. The van der Waals surface area contributed by atoms with Crippen molar-refractivity contribution in [3.63, 3.8) is 0 Å². The highest BCUT2D eigenvalue weighted by Crippen LogP contribution is 2.11. The summed E-state index contributed by atoms with van der Waals surface area (Å²) in [5.74, 6) is 8.45. The Labute approximate surface area is 173 Å². The summed E-state index contributed by atoms with van der Waals surface area (Å²) in [6, 6.07) is 12.9. The molecule has 0 unspecified atom stereocenters. The number of nitrogens with zero attached hydrogens (tertiary/aromatic N) is 1. The summed E-state index contributed by atoms with van der Waals surface area (Å²) >= 11 is 0. The van der Waals surface area contributed by atoms with E-state index in [9.17, 15) is 14.7 Å². The van der Waals surface area contributed by atoms with E-state index in [0.717, 1.165) is 10.5 Å². The lowest BCUT2D eigenvalue weighted by Crippen LogP contribution is -2.35. The number of aryl methyl sites for hydroxylation is 1. The van der Waals surface area contributed by atoms with Crippen LogP contribution >= 0.6 is 0 Å². The number of carbonyl (C=O) groups is 2. The maximum atomic E-state index is 12.8. The minimum Gasteiger partial charge on any atom is -0.480 e. The molecule has 0 radical (unpaired) electrons. The molecule has 2 aromatic rings. The van der Waals surface area contributed by atoms with Crippen LogP contribution in [-0.2, 0) is 22.5 Å². The van der Waals surface area contributed by atoms with E-state index in [1.54, 1.807) is 55.5 Å². The fourth-order valence-corrected chi connectivity index (χ4v) is 2.49. The van der Waals surface area contributed by atoms with E-state index in [1.165, 1.54) is 0 Å². The Morgan fingerprint density at radius 2 is 1.57 bits per heavy atom. The van der Waals surface area contributed by atoms with Gasteiger partial charge in [0.2, 0.25) is 5.91 Å². The van der Waals surface area contributed by atoms with Crippen molar-refractivity contribution in [3.8, 4) is 23.7 Å². The van der Waals surface area contributed by atoms with Gasteiger partial charge in [-0.15, -0.1) is 11.8 Å². The van der Waals surface area contributed by atoms with Crippen LogP contribution < -0.4 is 0 Å². The van der Waals surface area contributed by atoms with Gasteiger partial charge in [-0.1, -0.05) is 36.1 Å². The molecule has 0 saturated heterocycles. The topological polar surface area (TPSA) is 57.6 Å². The number of rotatable bonds is 7. The Bertz CT molecular complexity index is 1120. The lowest BCUT2D eigenvalue weighted by Gasteiger charge is -2.21. The van der Waals surface area contributed by atoms with Gasteiger partial charge < -0.3 is 10.0 Å². The molecule has 2 aromatic carbocycles. The van der Waals surface area contributed by atoms with Crippen molar-refractivity contribution < 1.29 is 21.5 Å². The molecule has 2 rings (SSSR count). The minimum atomic E-state index is -2.37. The number of amides is 1. The normalized spacial score (nSPS) is 13.1. The predicted octanol–water partition coefficient (Wildman–Crippen LogP) is 3.48. The summed E-state index contributed by atoms with van der Waals surface area (Å²) < 4.78 is 38.0. The van der Waals surface area contributed by atoms with Gasteiger partial charge in [-0.05, 0) is 55.5 Å². The highest BCUT2D eigenvalue weighted by Gasteiger charge is 2.17. The second-order valence-corrected chi connectivity index (χ2v) is 5.90. The third-order valence-corrected chi connectivity index (χ3v) is 3.81. The molecular weight excluding hydrogens is 350 g/mol. The number of carbonyl (C=O) groups excluding carboxylic acids is 1. The van der Waals surface area contributed by atoms with E-state index < -0.39 is 38.1 Å². The van der Waals surface area contributed by atoms with Crippen LogP contribution in [0.2, 0.25) is 0 Å². The van der Waals surface area contributed by atoms with Crippen LogP contribution in [0.1, 0.15) is 49.3 Å². The largest absolute Gasteiger partial charge is 0.480 e.